The quantitative estimate of drug-likeness (QED) is 0.510. The Morgan fingerprint density at radius 2 is 1.83 bits per heavy atom. The Morgan fingerprint density at radius 1 is 1.08 bits per heavy atom. The van der Waals surface area contributed by atoms with E-state index in [-0.39, 0.29) is 0 Å². The Kier molecular flexibility index (Phi) is 1.44. The van der Waals surface area contributed by atoms with Gasteiger partial charge in [-0.2, -0.15) is 0 Å². The van der Waals surface area contributed by atoms with Gasteiger partial charge in [0, 0.05) is 0 Å². The number of hydrogen-bond donors (Lipinski definition) is 0. The lowest BCUT2D eigenvalue weighted by Crippen LogP contribution is -1.95. The average molecular weight is 160 g/mol. The molecule has 0 heteroatoms. The lowest BCUT2D eigenvalue weighted by atomic mass is 10.00. The maximum atomic E-state index is 2.38. The van der Waals surface area contributed by atoms with Crippen molar-refractivity contribution in [3.05, 3.63) is 23.8 Å². The van der Waals surface area contributed by atoms with E-state index in [1.165, 1.54) is 32.1 Å². The van der Waals surface area contributed by atoms with Crippen molar-refractivity contribution in [1.82, 2.24) is 0 Å². The minimum absolute atomic E-state index is 1.03. The van der Waals surface area contributed by atoms with Crippen molar-refractivity contribution in [2.45, 2.75) is 32.1 Å². The van der Waals surface area contributed by atoms with Crippen LogP contribution >= 0.6 is 0 Å². The molecule has 0 aromatic carbocycles. The molecule has 2 saturated carbocycles. The molecule has 0 N–H and O–H groups in total. The molecule has 12 heavy (non-hydrogen) atoms. The first-order valence-corrected chi connectivity index (χ1v) is 5.26. The van der Waals surface area contributed by atoms with Crippen LogP contribution in [-0.2, 0) is 0 Å². The number of fused-ring (bicyclic) bond motifs is 2. The molecule has 4 rings (SSSR count). The highest BCUT2D eigenvalue weighted by molar-refractivity contribution is 5.20. The van der Waals surface area contributed by atoms with Crippen molar-refractivity contribution >= 4 is 0 Å². The van der Waals surface area contributed by atoms with E-state index >= 15 is 0 Å². The Morgan fingerprint density at radius 3 is 2.58 bits per heavy atom. The molecule has 64 valence electrons. The molecule has 4 aliphatic carbocycles. The molecule has 0 amide bonds. The largest absolute Gasteiger partial charge is 0.0843 e. The summed E-state index contributed by atoms with van der Waals surface area (Å²) in [5, 5.41) is 0. The van der Waals surface area contributed by atoms with Crippen molar-refractivity contribution in [3.63, 3.8) is 0 Å². The third-order valence-corrected chi connectivity index (χ3v) is 3.93. The van der Waals surface area contributed by atoms with Crippen LogP contribution < -0.4 is 0 Å². The van der Waals surface area contributed by atoms with Crippen LogP contribution in [0.2, 0.25) is 0 Å². The van der Waals surface area contributed by atoms with Crippen LogP contribution in [0.1, 0.15) is 32.1 Å². The van der Waals surface area contributed by atoms with Crippen LogP contribution in [0, 0.1) is 17.8 Å². The van der Waals surface area contributed by atoms with Crippen molar-refractivity contribution < 1.29 is 0 Å². The highest BCUT2D eigenvalue weighted by Gasteiger charge is 2.38. The van der Waals surface area contributed by atoms with Crippen LogP contribution in [0.3, 0.4) is 0 Å². The fraction of sp³-hybridized carbons (Fsp3) is 0.667. The Balaban J connectivity index is 1.96. The fourth-order valence-corrected chi connectivity index (χ4v) is 3.40. The summed E-state index contributed by atoms with van der Waals surface area (Å²) in [5.74, 6) is 3.17. The molecule has 0 radical (unpaired) electrons. The van der Waals surface area contributed by atoms with E-state index in [0.717, 1.165) is 17.8 Å². The molecule has 4 aliphatic rings. The maximum Gasteiger partial charge on any atom is -0.0286 e. The number of rotatable bonds is 0. The van der Waals surface area contributed by atoms with Gasteiger partial charge in [-0.1, -0.05) is 23.8 Å². The number of allylic oxidation sites excluding steroid dienone is 4. The van der Waals surface area contributed by atoms with Gasteiger partial charge in [0.05, 0.1) is 0 Å². The topological polar surface area (TPSA) is 0 Å². The van der Waals surface area contributed by atoms with Crippen LogP contribution in [0.5, 0.6) is 0 Å². The van der Waals surface area contributed by atoms with E-state index in [2.05, 4.69) is 18.2 Å². The zero-order valence-corrected chi connectivity index (χ0v) is 7.50. The summed E-state index contributed by atoms with van der Waals surface area (Å²) in [5.41, 5.74) is 1.72. The number of hydrogen-bond acceptors (Lipinski definition) is 0. The van der Waals surface area contributed by atoms with Crippen LogP contribution in [0.15, 0.2) is 23.8 Å². The van der Waals surface area contributed by atoms with Gasteiger partial charge in [0.15, 0.2) is 0 Å². The second kappa shape index (κ2) is 2.48. The standard InChI is InChI=1S/C12H16/c1-2-4-10-7-11-5-9(3-1)6-12(11)8-10/h1-3,10-12H,4-8H2/b2-1-,9-3?. The second-order valence-electron chi connectivity index (χ2n) is 4.75. The summed E-state index contributed by atoms with van der Waals surface area (Å²) in [6.07, 6.45) is 14.3. The first-order chi connectivity index (χ1) is 5.92. The monoisotopic (exact) mass is 160 g/mol. The zero-order chi connectivity index (χ0) is 7.97. The van der Waals surface area contributed by atoms with Gasteiger partial charge in [0.1, 0.15) is 0 Å². The van der Waals surface area contributed by atoms with Crippen molar-refractivity contribution in [2.24, 2.45) is 17.8 Å². The van der Waals surface area contributed by atoms with Gasteiger partial charge >= 0.3 is 0 Å². The van der Waals surface area contributed by atoms with E-state index in [9.17, 15) is 0 Å². The molecular formula is C12H16. The molecule has 2 unspecified atom stereocenters. The first-order valence-electron chi connectivity index (χ1n) is 5.26. The van der Waals surface area contributed by atoms with E-state index in [1.54, 1.807) is 5.57 Å². The van der Waals surface area contributed by atoms with Crippen molar-refractivity contribution in [3.8, 4) is 0 Å². The predicted octanol–water partition coefficient (Wildman–Crippen LogP) is 3.31. The smallest absolute Gasteiger partial charge is 0.0286 e. The molecule has 0 aromatic heterocycles. The molecule has 0 aliphatic heterocycles. The summed E-state index contributed by atoms with van der Waals surface area (Å²) in [7, 11) is 0. The van der Waals surface area contributed by atoms with Crippen LogP contribution in [-0.4, -0.2) is 0 Å². The van der Waals surface area contributed by atoms with Crippen LogP contribution in [0.4, 0.5) is 0 Å². The lowest BCUT2D eigenvalue weighted by Gasteiger charge is -2.05. The molecule has 0 nitrogen and oxygen atoms in total. The van der Waals surface area contributed by atoms with Gasteiger partial charge in [0.2, 0.25) is 0 Å². The molecule has 0 saturated heterocycles. The van der Waals surface area contributed by atoms with Crippen LogP contribution in [0.25, 0.3) is 0 Å². The Labute approximate surface area is 74.4 Å². The van der Waals surface area contributed by atoms with Gasteiger partial charge < -0.3 is 0 Å². The lowest BCUT2D eigenvalue weighted by molar-refractivity contribution is 0.457. The molecule has 0 aromatic rings. The normalized spacial score (nSPS) is 46.7. The summed E-state index contributed by atoms with van der Waals surface area (Å²) in [6, 6.07) is 0. The summed E-state index contributed by atoms with van der Waals surface area (Å²) in [4.78, 5) is 0. The molecule has 4 bridgehead atoms. The van der Waals surface area contributed by atoms with Gasteiger partial charge in [0.25, 0.3) is 0 Å². The van der Waals surface area contributed by atoms with Gasteiger partial charge in [-0.05, 0) is 49.9 Å². The summed E-state index contributed by atoms with van der Waals surface area (Å²) < 4.78 is 0. The minimum Gasteiger partial charge on any atom is -0.0843 e. The highest BCUT2D eigenvalue weighted by atomic mass is 14.4. The van der Waals surface area contributed by atoms with Gasteiger partial charge in [-0.25, -0.2) is 0 Å². The molecule has 0 heterocycles. The SMILES string of the molecule is C1=C2CC3CC(C/C=C\1)CC3C2. The third-order valence-electron chi connectivity index (χ3n) is 3.93. The van der Waals surface area contributed by atoms with Gasteiger partial charge in [-0.15, -0.1) is 0 Å². The van der Waals surface area contributed by atoms with Crippen molar-refractivity contribution in [2.75, 3.05) is 0 Å². The van der Waals surface area contributed by atoms with Gasteiger partial charge in [-0.3, -0.25) is 0 Å². The first kappa shape index (κ1) is 6.94. The molecular weight excluding hydrogens is 144 g/mol. The Bertz CT molecular complexity index is 231. The zero-order valence-electron chi connectivity index (χ0n) is 7.50. The molecule has 2 atom stereocenters. The van der Waals surface area contributed by atoms with E-state index in [4.69, 9.17) is 0 Å². The Hall–Kier alpha value is -0.520. The molecule has 0 spiro atoms. The summed E-state index contributed by atoms with van der Waals surface area (Å²) >= 11 is 0. The maximum absolute atomic E-state index is 2.38. The van der Waals surface area contributed by atoms with E-state index in [0.29, 0.717) is 0 Å². The highest BCUT2D eigenvalue weighted by Crippen LogP contribution is 2.50. The minimum atomic E-state index is 1.03. The fourth-order valence-electron chi connectivity index (χ4n) is 3.40. The predicted molar refractivity (Wildman–Crippen MR) is 50.8 cm³/mol. The molecule has 2 fully saturated rings. The summed E-state index contributed by atoms with van der Waals surface area (Å²) in [6.45, 7) is 0. The third kappa shape index (κ3) is 0.972. The second-order valence-corrected chi connectivity index (χ2v) is 4.75. The average Bonchev–Trinajstić information content (AvgIpc) is 2.58. The van der Waals surface area contributed by atoms with E-state index in [1.807, 2.05) is 0 Å². The van der Waals surface area contributed by atoms with E-state index < -0.39 is 0 Å². The van der Waals surface area contributed by atoms with Crippen molar-refractivity contribution in [1.29, 1.82) is 0 Å².